The fourth-order valence-electron chi connectivity index (χ4n) is 2.72. The van der Waals surface area contributed by atoms with E-state index in [1.807, 2.05) is 42.5 Å². The summed E-state index contributed by atoms with van der Waals surface area (Å²) < 4.78 is 61.9. The predicted octanol–water partition coefficient (Wildman–Crippen LogP) is 5.31. The van der Waals surface area contributed by atoms with Crippen LogP contribution in [0, 0.1) is 0 Å². The number of benzene rings is 3. The largest absolute Gasteiger partial charge is 0.534 e. The normalized spacial score (nSPS) is 12.9. The van der Waals surface area contributed by atoms with E-state index in [-0.39, 0.29) is 0 Å². The first-order valence-corrected chi connectivity index (χ1v) is 9.24. The fraction of sp³-hybridized carbons (Fsp3) is 0.158. The predicted molar refractivity (Wildman–Crippen MR) is 95.0 cm³/mol. The number of hydrogen-bond donors (Lipinski definition) is 0. The van der Waals surface area contributed by atoms with Gasteiger partial charge in [-0.25, -0.2) is 0 Å². The highest BCUT2D eigenvalue weighted by atomic mass is 32.2. The van der Waals surface area contributed by atoms with Gasteiger partial charge in [-0.1, -0.05) is 42.5 Å². The van der Waals surface area contributed by atoms with Gasteiger partial charge in [0.2, 0.25) is 0 Å². The van der Waals surface area contributed by atoms with Crippen molar-refractivity contribution in [3.8, 4) is 0 Å². The van der Waals surface area contributed by atoms with Crippen LogP contribution in [-0.2, 0) is 20.7 Å². The summed E-state index contributed by atoms with van der Waals surface area (Å²) in [5, 5.41) is 4.36. The lowest BCUT2D eigenvalue weighted by Crippen LogP contribution is -2.23. The second-order valence-corrected chi connectivity index (χ2v) is 7.31. The highest BCUT2D eigenvalue weighted by Crippen LogP contribution is 2.27. The summed E-state index contributed by atoms with van der Waals surface area (Å²) in [5.74, 6) is 0. The molecule has 0 saturated heterocycles. The van der Waals surface area contributed by atoms with Crippen LogP contribution in [0.1, 0.15) is 12.0 Å². The quantitative estimate of drug-likeness (QED) is 0.261. The molecule has 0 N–H and O–H groups in total. The molecule has 0 fully saturated rings. The van der Waals surface area contributed by atoms with Crippen LogP contribution in [0.4, 0.5) is 13.2 Å². The summed E-state index contributed by atoms with van der Waals surface area (Å²) in [6.45, 7) is 0. The highest BCUT2D eigenvalue weighted by molar-refractivity contribution is 7.87. The van der Waals surface area contributed by atoms with Crippen molar-refractivity contribution in [1.29, 1.82) is 0 Å². The van der Waals surface area contributed by atoms with Gasteiger partial charge in [0.05, 0.1) is 0 Å². The van der Waals surface area contributed by atoms with Gasteiger partial charge in [-0.2, -0.15) is 21.6 Å². The van der Waals surface area contributed by atoms with E-state index in [0.29, 0.717) is 19.1 Å². The molecule has 3 rings (SSSR count). The number of rotatable bonds is 5. The maximum Gasteiger partial charge on any atom is 0.534 e. The molecule has 3 nitrogen and oxygen atoms in total. The molecule has 0 saturated carbocycles. The van der Waals surface area contributed by atoms with E-state index >= 15 is 0 Å². The molecule has 3 aromatic carbocycles. The van der Waals surface area contributed by atoms with E-state index in [9.17, 15) is 21.6 Å². The summed E-state index contributed by atoms with van der Waals surface area (Å²) >= 11 is 0. The van der Waals surface area contributed by atoms with Gasteiger partial charge in [-0.15, -0.1) is 0 Å². The Morgan fingerprint density at radius 1 is 0.923 bits per heavy atom. The van der Waals surface area contributed by atoms with Gasteiger partial charge in [0.25, 0.3) is 0 Å². The highest BCUT2D eigenvalue weighted by Gasteiger charge is 2.47. The van der Waals surface area contributed by atoms with E-state index in [1.54, 1.807) is 0 Å². The summed E-state index contributed by atoms with van der Waals surface area (Å²) in [6, 6.07) is 18.0. The first-order chi connectivity index (χ1) is 12.3. The van der Waals surface area contributed by atoms with Gasteiger partial charge >= 0.3 is 15.6 Å². The number of hydrogen-bond acceptors (Lipinski definition) is 3. The molecule has 0 spiro atoms. The van der Waals surface area contributed by atoms with Crippen LogP contribution in [0.3, 0.4) is 0 Å². The van der Waals surface area contributed by atoms with Crippen molar-refractivity contribution >= 4 is 31.7 Å². The first kappa shape index (κ1) is 18.3. The molecule has 0 aliphatic rings. The summed E-state index contributed by atoms with van der Waals surface area (Å²) in [4.78, 5) is 0. The third-order valence-corrected chi connectivity index (χ3v) is 4.91. The Hall–Kier alpha value is -2.54. The number of fused-ring (bicyclic) bond motifs is 2. The molecule has 0 radical (unpaired) electrons. The van der Waals surface area contributed by atoms with Gasteiger partial charge in [0, 0.05) is 0 Å². The van der Waals surface area contributed by atoms with Crippen LogP contribution in [0.2, 0.25) is 0 Å². The molecule has 7 heteroatoms. The van der Waals surface area contributed by atoms with Crippen LogP contribution in [0.5, 0.6) is 0 Å². The third kappa shape index (κ3) is 3.83. The van der Waals surface area contributed by atoms with Crippen molar-refractivity contribution in [2.75, 3.05) is 0 Å². The van der Waals surface area contributed by atoms with Crippen molar-refractivity contribution in [3.05, 3.63) is 72.5 Å². The Bertz CT molecular complexity index is 1070. The van der Waals surface area contributed by atoms with Crippen molar-refractivity contribution in [2.45, 2.75) is 18.3 Å². The number of alkyl halides is 3. The molecule has 26 heavy (non-hydrogen) atoms. The summed E-state index contributed by atoms with van der Waals surface area (Å²) in [5.41, 5.74) is -4.40. The molecule has 0 amide bonds. The zero-order chi connectivity index (χ0) is 18.8. The van der Waals surface area contributed by atoms with Gasteiger partial charge in [0.15, 0.2) is 0 Å². The van der Waals surface area contributed by atoms with E-state index in [4.69, 9.17) is 0 Å². The smallest absolute Gasteiger partial charge is 0.384 e. The van der Waals surface area contributed by atoms with Crippen LogP contribution in [0.15, 0.2) is 66.9 Å². The lowest BCUT2D eigenvalue weighted by Gasteiger charge is -2.08. The lowest BCUT2D eigenvalue weighted by atomic mass is 9.97. The molecule has 0 aliphatic carbocycles. The Kier molecular flexibility index (Phi) is 4.91. The van der Waals surface area contributed by atoms with E-state index in [0.717, 1.165) is 27.1 Å². The maximum absolute atomic E-state index is 12.2. The standard InChI is InChI=1S/C19H15F3O3S/c20-19(21,22)26(23,24)25-11-4-3-6-14-9-5-10-17-12-15-7-1-2-8-16(15)13-18(14)17/h1-2,4-5,7-13H,3,6H2. The molecule has 0 bridgehead atoms. The minimum absolute atomic E-state index is 0.347. The zero-order valence-electron chi connectivity index (χ0n) is 13.5. The molecule has 0 aromatic heterocycles. The molecular formula is C19H15F3O3S. The molecule has 0 unspecified atom stereocenters. The third-order valence-electron chi connectivity index (χ3n) is 3.98. The van der Waals surface area contributed by atoms with E-state index < -0.39 is 15.6 Å². The van der Waals surface area contributed by atoms with Crippen LogP contribution >= 0.6 is 0 Å². The van der Waals surface area contributed by atoms with Crippen molar-refractivity contribution in [2.24, 2.45) is 0 Å². The summed E-state index contributed by atoms with van der Waals surface area (Å²) in [7, 11) is -5.59. The molecule has 136 valence electrons. The molecular weight excluding hydrogens is 365 g/mol. The first-order valence-electron chi connectivity index (χ1n) is 7.83. The van der Waals surface area contributed by atoms with E-state index in [2.05, 4.69) is 16.3 Å². The number of aryl methyl sites for hydroxylation is 1. The molecule has 0 atom stereocenters. The average Bonchev–Trinajstić information content (AvgIpc) is 2.59. The second kappa shape index (κ2) is 6.99. The van der Waals surface area contributed by atoms with Gasteiger partial charge in [0.1, 0.15) is 6.26 Å². The fourth-order valence-corrected chi connectivity index (χ4v) is 3.06. The molecule has 0 aliphatic heterocycles. The topological polar surface area (TPSA) is 43.4 Å². The lowest BCUT2D eigenvalue weighted by molar-refractivity contribution is -0.0515. The van der Waals surface area contributed by atoms with Gasteiger partial charge in [-0.3, -0.25) is 0 Å². The minimum atomic E-state index is -5.59. The number of halogens is 3. The second-order valence-electron chi connectivity index (χ2n) is 5.74. The van der Waals surface area contributed by atoms with Crippen LogP contribution in [0.25, 0.3) is 21.5 Å². The Morgan fingerprint density at radius 3 is 2.27 bits per heavy atom. The number of allylic oxidation sites excluding steroid dienone is 1. The average molecular weight is 380 g/mol. The van der Waals surface area contributed by atoms with Crippen LogP contribution in [-0.4, -0.2) is 13.9 Å². The Morgan fingerprint density at radius 2 is 1.58 bits per heavy atom. The van der Waals surface area contributed by atoms with E-state index in [1.165, 1.54) is 6.08 Å². The molecule has 3 aromatic rings. The van der Waals surface area contributed by atoms with Gasteiger partial charge < -0.3 is 4.18 Å². The van der Waals surface area contributed by atoms with Crippen molar-refractivity contribution < 1.29 is 25.8 Å². The van der Waals surface area contributed by atoms with Gasteiger partial charge in [-0.05, 0) is 58.2 Å². The Balaban J connectivity index is 1.75. The van der Waals surface area contributed by atoms with Crippen LogP contribution < -0.4 is 0 Å². The zero-order valence-corrected chi connectivity index (χ0v) is 14.3. The maximum atomic E-state index is 12.2. The Labute approximate surface area is 148 Å². The minimum Gasteiger partial charge on any atom is -0.384 e. The molecule has 0 heterocycles. The summed E-state index contributed by atoms with van der Waals surface area (Å²) in [6.07, 6.45) is 2.73. The SMILES string of the molecule is O=S(=O)(OC=CCCc1cccc2cc3ccccc3cc12)C(F)(F)F. The van der Waals surface area contributed by atoms with Crippen molar-refractivity contribution in [1.82, 2.24) is 0 Å². The monoisotopic (exact) mass is 380 g/mol. The van der Waals surface area contributed by atoms with Crippen molar-refractivity contribution in [3.63, 3.8) is 0 Å².